The van der Waals surface area contributed by atoms with E-state index < -0.39 is 5.60 Å². The van der Waals surface area contributed by atoms with Crippen molar-refractivity contribution < 1.29 is 5.11 Å². The Morgan fingerprint density at radius 2 is 1.80 bits per heavy atom. The summed E-state index contributed by atoms with van der Waals surface area (Å²) >= 11 is 3.44. The van der Waals surface area contributed by atoms with Crippen LogP contribution in [0.4, 0.5) is 0 Å². The highest BCUT2D eigenvalue weighted by Gasteiger charge is 2.46. The molecule has 0 amide bonds. The molecule has 0 bridgehead atoms. The van der Waals surface area contributed by atoms with Crippen molar-refractivity contribution in [3.63, 3.8) is 0 Å². The van der Waals surface area contributed by atoms with E-state index in [2.05, 4.69) is 40.2 Å². The number of aliphatic hydroxyl groups is 1. The van der Waals surface area contributed by atoms with E-state index in [9.17, 15) is 5.11 Å². The minimum Gasteiger partial charge on any atom is -0.390 e. The molecule has 1 aromatic rings. The van der Waals surface area contributed by atoms with Gasteiger partial charge in [-0.2, -0.15) is 0 Å². The van der Waals surface area contributed by atoms with Crippen LogP contribution in [0.15, 0.2) is 28.7 Å². The maximum Gasteiger partial charge on any atom is 0.0600 e. The van der Waals surface area contributed by atoms with Crippen LogP contribution in [0.5, 0.6) is 0 Å². The molecule has 82 valence electrons. The molecule has 1 aromatic carbocycles. The Morgan fingerprint density at radius 1 is 1.27 bits per heavy atom. The largest absolute Gasteiger partial charge is 0.390 e. The zero-order valence-electron chi connectivity index (χ0n) is 9.26. The highest BCUT2D eigenvalue weighted by molar-refractivity contribution is 9.10. The highest BCUT2D eigenvalue weighted by atomic mass is 79.9. The van der Waals surface area contributed by atoms with Crippen LogP contribution >= 0.6 is 15.9 Å². The molecule has 0 aromatic heterocycles. The predicted octanol–water partition coefficient (Wildman–Crippen LogP) is 3.64. The smallest absolute Gasteiger partial charge is 0.0600 e. The van der Waals surface area contributed by atoms with E-state index in [4.69, 9.17) is 0 Å². The number of rotatable bonds is 3. The first-order valence-corrected chi connectivity index (χ1v) is 6.19. The Hall–Kier alpha value is -0.340. The van der Waals surface area contributed by atoms with E-state index in [1.807, 2.05) is 13.8 Å². The third-order valence-electron chi connectivity index (χ3n) is 3.08. The number of hydrogen-bond donors (Lipinski definition) is 1. The van der Waals surface area contributed by atoms with Gasteiger partial charge in [-0.05, 0) is 56.2 Å². The fourth-order valence-corrected chi connectivity index (χ4v) is 2.61. The lowest BCUT2D eigenvalue weighted by atomic mass is 9.85. The predicted molar refractivity (Wildman–Crippen MR) is 66.0 cm³/mol. The van der Waals surface area contributed by atoms with E-state index in [-0.39, 0.29) is 5.41 Å². The first-order valence-electron chi connectivity index (χ1n) is 5.40. The molecule has 1 N–H and O–H groups in total. The topological polar surface area (TPSA) is 20.2 Å². The maximum absolute atomic E-state index is 9.90. The van der Waals surface area contributed by atoms with Gasteiger partial charge >= 0.3 is 0 Å². The van der Waals surface area contributed by atoms with Crippen LogP contribution in [0.1, 0.15) is 38.7 Å². The van der Waals surface area contributed by atoms with Gasteiger partial charge in [-0.1, -0.05) is 28.1 Å². The van der Waals surface area contributed by atoms with Crippen LogP contribution in [-0.2, 0) is 5.41 Å². The lowest BCUT2D eigenvalue weighted by molar-refractivity contribution is 0.0595. The molecule has 2 rings (SSSR count). The Bertz CT molecular complexity index is 344. The molecule has 0 aliphatic heterocycles. The zero-order valence-corrected chi connectivity index (χ0v) is 10.8. The number of hydrogen-bond acceptors (Lipinski definition) is 1. The van der Waals surface area contributed by atoms with Crippen LogP contribution in [0.3, 0.4) is 0 Å². The molecule has 1 saturated carbocycles. The fourth-order valence-electron chi connectivity index (χ4n) is 2.35. The highest BCUT2D eigenvalue weighted by Crippen LogP contribution is 2.53. The molecule has 1 fully saturated rings. The normalized spacial score (nSPS) is 18.9. The van der Waals surface area contributed by atoms with Crippen molar-refractivity contribution in [1.82, 2.24) is 0 Å². The summed E-state index contributed by atoms with van der Waals surface area (Å²) in [6.07, 6.45) is 3.28. The van der Waals surface area contributed by atoms with Crippen LogP contribution in [0.2, 0.25) is 0 Å². The average Bonchev–Trinajstić information content (AvgIpc) is 2.83. The Kier molecular flexibility index (Phi) is 2.68. The quantitative estimate of drug-likeness (QED) is 0.888. The molecule has 0 saturated heterocycles. The minimum absolute atomic E-state index is 0.249. The van der Waals surface area contributed by atoms with Gasteiger partial charge in [-0.3, -0.25) is 0 Å². The van der Waals surface area contributed by atoms with E-state index in [0.717, 1.165) is 10.9 Å². The van der Waals surface area contributed by atoms with Crippen molar-refractivity contribution in [2.24, 2.45) is 0 Å². The third-order valence-corrected chi connectivity index (χ3v) is 3.61. The van der Waals surface area contributed by atoms with Gasteiger partial charge in [0.1, 0.15) is 0 Å². The summed E-state index contributed by atoms with van der Waals surface area (Å²) in [5.74, 6) is 0. The summed E-state index contributed by atoms with van der Waals surface area (Å²) in [7, 11) is 0. The first kappa shape index (κ1) is 11.2. The maximum atomic E-state index is 9.90. The third kappa shape index (κ3) is 2.61. The SMILES string of the molecule is CC(C)(O)CC1(c2ccc(Br)cc2)CC1. The summed E-state index contributed by atoms with van der Waals surface area (Å²) in [5, 5.41) is 9.90. The molecular formula is C13H17BrO. The molecule has 0 heterocycles. The van der Waals surface area contributed by atoms with Crippen molar-refractivity contribution in [3.8, 4) is 0 Å². The monoisotopic (exact) mass is 268 g/mol. The summed E-state index contributed by atoms with van der Waals surface area (Å²) < 4.78 is 1.12. The van der Waals surface area contributed by atoms with Crippen molar-refractivity contribution in [3.05, 3.63) is 34.3 Å². The van der Waals surface area contributed by atoms with Gasteiger partial charge in [0.05, 0.1) is 5.60 Å². The van der Waals surface area contributed by atoms with Gasteiger partial charge in [0.15, 0.2) is 0 Å². The second kappa shape index (κ2) is 3.60. The van der Waals surface area contributed by atoms with Gasteiger partial charge in [0.25, 0.3) is 0 Å². The summed E-state index contributed by atoms with van der Waals surface area (Å²) in [5.41, 5.74) is 1.05. The number of benzene rings is 1. The second-order valence-corrected chi connectivity index (χ2v) is 6.19. The molecule has 2 heteroatoms. The fraction of sp³-hybridized carbons (Fsp3) is 0.538. The minimum atomic E-state index is -0.566. The van der Waals surface area contributed by atoms with Crippen LogP contribution in [-0.4, -0.2) is 10.7 Å². The molecular weight excluding hydrogens is 252 g/mol. The van der Waals surface area contributed by atoms with Gasteiger partial charge in [0, 0.05) is 4.47 Å². The molecule has 0 radical (unpaired) electrons. The molecule has 0 atom stereocenters. The van der Waals surface area contributed by atoms with E-state index in [1.54, 1.807) is 0 Å². The Balaban J connectivity index is 2.20. The van der Waals surface area contributed by atoms with Gasteiger partial charge in [-0.25, -0.2) is 0 Å². The molecule has 0 spiro atoms. The van der Waals surface area contributed by atoms with E-state index in [0.29, 0.717) is 0 Å². The van der Waals surface area contributed by atoms with Crippen molar-refractivity contribution in [2.75, 3.05) is 0 Å². The second-order valence-electron chi connectivity index (χ2n) is 5.28. The summed E-state index contributed by atoms with van der Waals surface area (Å²) in [4.78, 5) is 0. The van der Waals surface area contributed by atoms with E-state index in [1.165, 1.54) is 18.4 Å². The Morgan fingerprint density at radius 3 is 2.20 bits per heavy atom. The molecule has 1 aliphatic rings. The molecule has 0 unspecified atom stereocenters. The first-order chi connectivity index (χ1) is 6.91. The zero-order chi connectivity index (χ0) is 11.1. The van der Waals surface area contributed by atoms with Gasteiger partial charge in [0.2, 0.25) is 0 Å². The molecule has 1 aliphatic carbocycles. The average molecular weight is 269 g/mol. The molecule has 1 nitrogen and oxygen atoms in total. The van der Waals surface area contributed by atoms with Crippen molar-refractivity contribution >= 4 is 15.9 Å². The standard InChI is InChI=1S/C13H17BrO/c1-12(2,15)9-13(7-8-13)10-3-5-11(14)6-4-10/h3-6,15H,7-9H2,1-2H3. The van der Waals surface area contributed by atoms with Crippen molar-refractivity contribution in [1.29, 1.82) is 0 Å². The summed E-state index contributed by atoms with van der Waals surface area (Å²) in [6.45, 7) is 3.79. The summed E-state index contributed by atoms with van der Waals surface area (Å²) in [6, 6.07) is 8.51. The van der Waals surface area contributed by atoms with Crippen LogP contribution < -0.4 is 0 Å². The van der Waals surface area contributed by atoms with Crippen LogP contribution in [0.25, 0.3) is 0 Å². The van der Waals surface area contributed by atoms with Crippen molar-refractivity contribution in [2.45, 2.75) is 44.1 Å². The van der Waals surface area contributed by atoms with Gasteiger partial charge < -0.3 is 5.11 Å². The van der Waals surface area contributed by atoms with E-state index >= 15 is 0 Å². The van der Waals surface area contributed by atoms with Crippen LogP contribution in [0, 0.1) is 0 Å². The van der Waals surface area contributed by atoms with Gasteiger partial charge in [-0.15, -0.1) is 0 Å². The number of halogens is 1. The lowest BCUT2D eigenvalue weighted by Crippen LogP contribution is -2.26. The lowest BCUT2D eigenvalue weighted by Gasteiger charge is -2.25. The Labute approximate surface area is 99.6 Å². The molecule has 15 heavy (non-hydrogen) atoms.